The first-order chi connectivity index (χ1) is 9.09. The molecule has 0 radical (unpaired) electrons. The van der Waals surface area contributed by atoms with Crippen LogP contribution in [0.5, 0.6) is 0 Å². The molecule has 1 atom stereocenters. The summed E-state index contributed by atoms with van der Waals surface area (Å²) in [6.45, 7) is 5.93. The second kappa shape index (κ2) is 4.80. The van der Waals surface area contributed by atoms with Crippen LogP contribution in [-0.4, -0.2) is 30.9 Å². The lowest BCUT2D eigenvalue weighted by Crippen LogP contribution is -3.00. The first kappa shape index (κ1) is 14.9. The van der Waals surface area contributed by atoms with Gasteiger partial charge < -0.3 is 4.55 Å². The summed E-state index contributed by atoms with van der Waals surface area (Å²) in [5.74, 6) is 0. The lowest BCUT2D eigenvalue weighted by molar-refractivity contribution is -0.674. The van der Waals surface area contributed by atoms with Crippen LogP contribution in [-0.2, 0) is 15.5 Å². The molecule has 0 aliphatic carbocycles. The third-order valence-electron chi connectivity index (χ3n) is 3.26. The summed E-state index contributed by atoms with van der Waals surface area (Å²) in [5, 5.41) is 0. The van der Waals surface area contributed by atoms with E-state index in [1.807, 2.05) is 44.7 Å². The molecule has 1 N–H and O–H groups in total. The fourth-order valence-corrected chi connectivity index (χ4v) is 2.82. The van der Waals surface area contributed by atoms with Gasteiger partial charge >= 0.3 is 6.34 Å². The highest BCUT2D eigenvalue weighted by Gasteiger charge is 2.26. The van der Waals surface area contributed by atoms with Gasteiger partial charge in [-0.05, 0) is 17.0 Å². The zero-order valence-corrected chi connectivity index (χ0v) is 12.9. The van der Waals surface area contributed by atoms with Crippen LogP contribution in [0.1, 0.15) is 26.3 Å². The van der Waals surface area contributed by atoms with Gasteiger partial charge in [0.15, 0.2) is 11.9 Å². The zero-order valence-electron chi connectivity index (χ0n) is 12.0. The molecule has 1 aromatic rings. The molecule has 1 unspecified atom stereocenters. The van der Waals surface area contributed by atoms with E-state index in [1.165, 1.54) is 6.07 Å². The number of nitrogens with one attached hydrogen (secondary N) is 1. The zero-order chi connectivity index (χ0) is 15.1. The van der Waals surface area contributed by atoms with E-state index in [9.17, 15) is 13.0 Å². The summed E-state index contributed by atoms with van der Waals surface area (Å²) in [7, 11) is -2.67. The van der Waals surface area contributed by atoms with Gasteiger partial charge in [0.2, 0.25) is 6.20 Å². The standard InChI is InChI=1S/C14H18N2O3S/c1-14(2,3)11-5-6-12(13(9-11)20(17,18)19)16-8-7-15(4)10-16/h5-10H,1-4H3/p+1. The van der Waals surface area contributed by atoms with Gasteiger partial charge in [-0.2, -0.15) is 9.48 Å². The van der Waals surface area contributed by atoms with Crippen LogP contribution < -0.4 is 4.90 Å². The minimum Gasteiger partial charge on any atom is -0.744 e. The molecule has 1 aromatic carbocycles. The van der Waals surface area contributed by atoms with Crippen LogP contribution in [0.4, 0.5) is 5.69 Å². The van der Waals surface area contributed by atoms with Crippen LogP contribution in [0.25, 0.3) is 0 Å². The molecule has 0 aromatic heterocycles. The molecule has 1 aliphatic rings. The molecule has 1 aliphatic heterocycles. The first-order valence-electron chi connectivity index (χ1n) is 6.32. The normalized spacial score (nSPS) is 19.2. The van der Waals surface area contributed by atoms with Crippen molar-refractivity contribution in [3.8, 4) is 0 Å². The van der Waals surface area contributed by atoms with E-state index >= 15 is 0 Å². The monoisotopic (exact) mass is 295 g/mol. The Labute approximate surface area is 119 Å². The second-order valence-electron chi connectivity index (χ2n) is 5.98. The van der Waals surface area contributed by atoms with Crippen LogP contribution in [0.2, 0.25) is 0 Å². The van der Waals surface area contributed by atoms with Crippen LogP contribution in [0.15, 0.2) is 35.5 Å². The van der Waals surface area contributed by atoms with E-state index in [4.69, 9.17) is 0 Å². The molecule has 5 nitrogen and oxygen atoms in total. The number of nitrogens with zero attached hydrogens (tertiary/aromatic N) is 1. The Balaban J connectivity index is 2.62. The molecular formula is C14H19N2O3S+. The fraction of sp³-hybridized carbons (Fsp3) is 0.357. The van der Waals surface area contributed by atoms with Gasteiger partial charge in [-0.25, -0.2) is 8.42 Å². The average molecular weight is 295 g/mol. The Morgan fingerprint density at radius 2 is 1.90 bits per heavy atom. The maximum atomic E-state index is 11.6. The Hall–Kier alpha value is -1.50. The third-order valence-corrected chi connectivity index (χ3v) is 4.14. The van der Waals surface area contributed by atoms with Gasteiger partial charge in [0.1, 0.15) is 22.1 Å². The lowest BCUT2D eigenvalue weighted by Gasteiger charge is -2.21. The van der Waals surface area contributed by atoms with Gasteiger partial charge in [-0.3, -0.25) is 0 Å². The van der Waals surface area contributed by atoms with E-state index in [2.05, 4.69) is 0 Å². The summed E-state index contributed by atoms with van der Waals surface area (Å²) in [5.41, 5.74) is 1.06. The fourth-order valence-electron chi connectivity index (χ4n) is 2.10. The van der Waals surface area contributed by atoms with E-state index in [1.54, 1.807) is 18.6 Å². The Morgan fingerprint density at radius 1 is 1.25 bits per heavy atom. The van der Waals surface area contributed by atoms with Gasteiger partial charge in [0.05, 0.1) is 0 Å². The summed E-state index contributed by atoms with van der Waals surface area (Å²) in [6, 6.07) is 5.07. The number of hydrogen-bond donors (Lipinski definition) is 1. The summed E-state index contributed by atoms with van der Waals surface area (Å²) >= 11 is 0. The van der Waals surface area contributed by atoms with Gasteiger partial charge in [0.25, 0.3) is 0 Å². The predicted octanol–water partition coefficient (Wildman–Crippen LogP) is 0.560. The van der Waals surface area contributed by atoms with Crippen molar-refractivity contribution >= 4 is 22.1 Å². The van der Waals surface area contributed by atoms with Crippen molar-refractivity contribution in [3.63, 3.8) is 0 Å². The van der Waals surface area contributed by atoms with Crippen molar-refractivity contribution in [1.82, 2.24) is 0 Å². The molecule has 1 heterocycles. The number of benzene rings is 1. The summed E-state index contributed by atoms with van der Waals surface area (Å²) in [4.78, 5) is 0.568. The molecule has 0 bridgehead atoms. The Bertz CT molecular complexity index is 698. The molecule has 108 valence electrons. The minimum absolute atomic E-state index is 0.156. The molecule has 0 saturated heterocycles. The van der Waals surface area contributed by atoms with Crippen LogP contribution in [0, 0.1) is 0 Å². The van der Waals surface area contributed by atoms with E-state index in [-0.39, 0.29) is 10.3 Å². The van der Waals surface area contributed by atoms with Gasteiger partial charge in [-0.15, -0.1) is 0 Å². The number of hydrogen-bond acceptors (Lipinski definition) is 3. The van der Waals surface area contributed by atoms with Crippen molar-refractivity contribution < 1.29 is 22.4 Å². The molecular weight excluding hydrogens is 276 g/mol. The van der Waals surface area contributed by atoms with Crippen LogP contribution in [0.3, 0.4) is 0 Å². The van der Waals surface area contributed by atoms with Crippen molar-refractivity contribution in [2.24, 2.45) is 0 Å². The summed E-state index contributed by atoms with van der Waals surface area (Å²) in [6.07, 6.45) is 5.40. The quantitative estimate of drug-likeness (QED) is 0.640. The molecule has 0 fully saturated rings. The number of quaternary nitrogens is 1. The second-order valence-corrected chi connectivity index (χ2v) is 7.33. The molecule has 0 amide bonds. The molecule has 2 rings (SSSR count). The molecule has 6 heteroatoms. The Kier molecular flexibility index (Phi) is 3.58. The van der Waals surface area contributed by atoms with Gasteiger partial charge in [0, 0.05) is 6.07 Å². The summed E-state index contributed by atoms with van der Waals surface area (Å²) < 4.78 is 36.5. The SMILES string of the molecule is C[N+]1=C[NH+](c2ccc(C(C)(C)C)cc2S(=O)(=O)[O-])C=C1. The van der Waals surface area contributed by atoms with Crippen molar-refractivity contribution in [1.29, 1.82) is 0 Å². The van der Waals surface area contributed by atoms with Crippen molar-refractivity contribution in [3.05, 3.63) is 36.2 Å². The molecule has 0 spiro atoms. The largest absolute Gasteiger partial charge is 0.744 e. The highest BCUT2D eigenvalue weighted by Crippen LogP contribution is 2.27. The highest BCUT2D eigenvalue weighted by molar-refractivity contribution is 7.85. The van der Waals surface area contributed by atoms with Crippen molar-refractivity contribution in [2.45, 2.75) is 31.1 Å². The predicted molar refractivity (Wildman–Crippen MR) is 75.1 cm³/mol. The first-order valence-corrected chi connectivity index (χ1v) is 7.72. The lowest BCUT2D eigenvalue weighted by atomic mass is 9.87. The van der Waals surface area contributed by atoms with Gasteiger partial charge in [-0.1, -0.05) is 26.8 Å². The average Bonchev–Trinajstić information content (AvgIpc) is 2.72. The minimum atomic E-state index is -4.51. The topological polar surface area (TPSA) is 64.7 Å². The highest BCUT2D eigenvalue weighted by atomic mass is 32.2. The molecule has 0 saturated carbocycles. The van der Waals surface area contributed by atoms with E-state index in [0.717, 1.165) is 10.5 Å². The van der Waals surface area contributed by atoms with Crippen LogP contribution >= 0.6 is 0 Å². The van der Waals surface area contributed by atoms with Crippen molar-refractivity contribution in [2.75, 3.05) is 7.05 Å². The maximum Gasteiger partial charge on any atom is 0.340 e. The smallest absolute Gasteiger partial charge is 0.340 e. The maximum absolute atomic E-state index is 11.6. The Morgan fingerprint density at radius 3 is 2.35 bits per heavy atom. The van der Waals surface area contributed by atoms with E-state index < -0.39 is 10.1 Å². The molecule has 20 heavy (non-hydrogen) atoms. The third kappa shape index (κ3) is 2.98. The number of rotatable bonds is 2. The van der Waals surface area contributed by atoms with E-state index in [0.29, 0.717) is 5.69 Å².